The first-order chi connectivity index (χ1) is 18.3. The summed E-state index contributed by atoms with van der Waals surface area (Å²) in [7, 11) is 1.89. The van der Waals surface area contributed by atoms with Crippen LogP contribution in [0.3, 0.4) is 0 Å². The van der Waals surface area contributed by atoms with Gasteiger partial charge in [0.05, 0.1) is 0 Å². The third-order valence-electron chi connectivity index (χ3n) is 5.41. The van der Waals surface area contributed by atoms with Crippen LogP contribution in [-0.4, -0.2) is 85.2 Å². The largest absolute Gasteiger partial charge is 0.477 e. The molecule has 0 aliphatic carbocycles. The number of anilines is 1. The summed E-state index contributed by atoms with van der Waals surface area (Å²) in [5.41, 5.74) is 5.83. The number of nitrogens with one attached hydrogen (secondary N) is 2. The van der Waals surface area contributed by atoms with E-state index in [0.717, 1.165) is 34.1 Å². The highest BCUT2D eigenvalue weighted by Crippen LogP contribution is 2.46. The fraction of sp³-hybridized carbons (Fsp3) is 0.333. The van der Waals surface area contributed by atoms with Crippen molar-refractivity contribution < 1.29 is 24.7 Å². The third kappa shape index (κ3) is 5.89. The van der Waals surface area contributed by atoms with Gasteiger partial charge in [0.25, 0.3) is 11.8 Å². The maximum atomic E-state index is 13.0. The number of carboxylic acid groups (broad SMARTS) is 1. The number of carbonyl (C=O) groups is 3. The van der Waals surface area contributed by atoms with Crippen LogP contribution in [0.1, 0.15) is 11.3 Å². The molecule has 2 aromatic rings. The maximum Gasteiger partial charge on any atom is 0.353 e. The van der Waals surface area contributed by atoms with Gasteiger partial charge in [-0.25, -0.2) is 9.78 Å². The fourth-order valence-corrected chi connectivity index (χ4v) is 8.18. The number of carbonyl (C=O) groups excluding carboxylic acids is 2. The minimum Gasteiger partial charge on any atom is -0.477 e. The topological polar surface area (TPSA) is 183 Å². The van der Waals surface area contributed by atoms with Gasteiger partial charge in [0.1, 0.15) is 27.1 Å². The Morgan fingerprint density at radius 3 is 2.87 bits per heavy atom. The minimum atomic E-state index is -1.24. The van der Waals surface area contributed by atoms with E-state index in [2.05, 4.69) is 25.8 Å². The molecule has 4 heterocycles. The Hall–Kier alpha value is -2.50. The van der Waals surface area contributed by atoms with Crippen LogP contribution in [0.2, 0.25) is 4.34 Å². The number of hydrogen-bond donors (Lipinski definition) is 5. The van der Waals surface area contributed by atoms with E-state index in [9.17, 15) is 24.7 Å². The van der Waals surface area contributed by atoms with Gasteiger partial charge in [-0.2, -0.15) is 11.8 Å². The number of carboxylic acids is 1. The van der Waals surface area contributed by atoms with Crippen molar-refractivity contribution in [2.75, 3.05) is 30.8 Å². The van der Waals surface area contributed by atoms with E-state index in [0.29, 0.717) is 16.4 Å². The molecule has 1 saturated heterocycles. The Bertz CT molecular complexity index is 1320. The van der Waals surface area contributed by atoms with Gasteiger partial charge in [0.2, 0.25) is 0 Å². The Balaban J connectivity index is 1.50. The lowest BCUT2D eigenvalue weighted by molar-refractivity contribution is -0.150. The Labute approximate surface area is 238 Å². The number of nitrogen functional groups attached to an aromatic ring is 1. The summed E-state index contributed by atoms with van der Waals surface area (Å²) in [4.78, 5) is 48.7. The molecule has 0 unspecified atom stereocenters. The number of fused-ring (bicyclic) bond motifs is 1. The van der Waals surface area contributed by atoms with E-state index in [1.807, 2.05) is 13.1 Å². The summed E-state index contributed by atoms with van der Waals surface area (Å²) in [6, 6.07) is 0.800. The lowest BCUT2D eigenvalue weighted by Gasteiger charge is -2.49. The van der Waals surface area contributed by atoms with Gasteiger partial charge in [-0.1, -0.05) is 39.9 Å². The van der Waals surface area contributed by atoms with Gasteiger partial charge in [-0.05, 0) is 18.7 Å². The maximum absolute atomic E-state index is 13.0. The SMILES string of the molecule is CNCCSCc1cnccc1SC1=C(C(=O)O)N2C(=O)[C@@H](NC(=O)/C(=N\O)c3nc(N)sc3Cl)[C@@H]2SC1. The van der Waals surface area contributed by atoms with Gasteiger partial charge in [0, 0.05) is 46.0 Å². The molecule has 2 atom stereocenters. The van der Waals surface area contributed by atoms with Crippen LogP contribution in [0, 0.1) is 0 Å². The second-order valence-electron chi connectivity index (χ2n) is 7.80. The highest BCUT2D eigenvalue weighted by atomic mass is 35.5. The number of nitrogens with two attached hydrogens (primary N) is 1. The summed E-state index contributed by atoms with van der Waals surface area (Å²) >= 11 is 11.3. The summed E-state index contributed by atoms with van der Waals surface area (Å²) in [5, 5.41) is 27.4. The van der Waals surface area contributed by atoms with Crippen LogP contribution < -0.4 is 16.4 Å². The number of β-lactam (4-membered cyclic amide) rings is 1. The zero-order valence-corrected chi connectivity index (χ0v) is 23.7. The number of amides is 2. The normalized spacial score (nSPS) is 19.3. The number of halogens is 1. The molecule has 0 radical (unpaired) electrons. The standard InChI is InChI=1S/C21H22ClN7O5S4/c1-24-4-5-35-7-9-6-25-3-2-10(9)37-11-8-36-19-14(18(31)29(19)15(11)20(32)33)26-17(30)13(28-34)12-16(22)38-21(23)27-12/h2-3,6,14,19,24,34H,4-5,7-8H2,1H3,(H2,23,27)(H,26,30)(H,32,33)/b28-13-/t14-,19+/m1/s1. The van der Waals surface area contributed by atoms with Gasteiger partial charge in [0.15, 0.2) is 10.8 Å². The molecule has 2 aromatic heterocycles. The molecule has 6 N–H and O–H groups in total. The smallest absolute Gasteiger partial charge is 0.353 e. The Kier molecular flexibility index (Phi) is 9.43. The van der Waals surface area contributed by atoms with Crippen molar-refractivity contribution in [2.24, 2.45) is 5.16 Å². The summed E-state index contributed by atoms with van der Waals surface area (Å²) < 4.78 is 0.0488. The molecule has 12 nitrogen and oxygen atoms in total. The van der Waals surface area contributed by atoms with Crippen molar-refractivity contribution in [1.82, 2.24) is 25.5 Å². The van der Waals surface area contributed by atoms with Crippen molar-refractivity contribution in [2.45, 2.75) is 22.1 Å². The van der Waals surface area contributed by atoms with Crippen LogP contribution in [0.4, 0.5) is 5.13 Å². The van der Waals surface area contributed by atoms with Crippen molar-refractivity contribution in [3.8, 4) is 0 Å². The predicted octanol–water partition coefficient (Wildman–Crippen LogP) is 1.89. The molecule has 0 bridgehead atoms. The third-order valence-corrected chi connectivity index (χ3v) is 10.2. The van der Waals surface area contributed by atoms with Gasteiger partial charge in [-0.3, -0.25) is 19.5 Å². The van der Waals surface area contributed by atoms with Crippen molar-refractivity contribution >= 4 is 86.9 Å². The number of oxime groups is 1. The number of nitrogens with zero attached hydrogens (tertiary/aromatic N) is 4. The van der Waals surface area contributed by atoms with E-state index in [1.54, 1.807) is 24.2 Å². The van der Waals surface area contributed by atoms with Crippen LogP contribution in [0.15, 0.2) is 39.1 Å². The van der Waals surface area contributed by atoms with Gasteiger partial charge < -0.3 is 26.7 Å². The van der Waals surface area contributed by atoms with E-state index < -0.39 is 34.9 Å². The van der Waals surface area contributed by atoms with Crippen LogP contribution >= 0.6 is 58.2 Å². The van der Waals surface area contributed by atoms with E-state index >= 15 is 0 Å². The average molecular weight is 616 g/mol. The molecule has 1 fully saturated rings. The first-order valence-corrected chi connectivity index (χ1v) is 15.2. The van der Waals surface area contributed by atoms with Crippen molar-refractivity contribution in [1.29, 1.82) is 0 Å². The second-order valence-corrected chi connectivity index (χ2v) is 12.8. The van der Waals surface area contributed by atoms with Crippen molar-refractivity contribution in [3.05, 3.63) is 44.7 Å². The molecule has 2 aliphatic heterocycles. The summed E-state index contributed by atoms with van der Waals surface area (Å²) in [6.45, 7) is 0.866. The van der Waals surface area contributed by atoms with Crippen LogP contribution in [0.25, 0.3) is 0 Å². The first kappa shape index (κ1) is 28.5. The highest BCUT2D eigenvalue weighted by Gasteiger charge is 2.54. The number of pyridine rings is 1. The number of hydrogen-bond acceptors (Lipinski definition) is 13. The molecule has 2 amide bonds. The Morgan fingerprint density at radius 2 is 2.21 bits per heavy atom. The molecular formula is C21H22ClN7O5S4. The minimum absolute atomic E-state index is 0.0488. The number of rotatable bonds is 11. The average Bonchev–Trinajstić information content (AvgIpc) is 3.23. The van der Waals surface area contributed by atoms with E-state index in [1.165, 1.54) is 28.4 Å². The van der Waals surface area contributed by atoms with Crippen LogP contribution in [0.5, 0.6) is 0 Å². The highest BCUT2D eigenvalue weighted by molar-refractivity contribution is 8.06. The molecule has 17 heteroatoms. The lowest BCUT2D eigenvalue weighted by atomic mass is 10.0. The molecule has 2 aliphatic rings. The van der Waals surface area contributed by atoms with E-state index in [4.69, 9.17) is 17.3 Å². The molecule has 202 valence electrons. The second kappa shape index (κ2) is 12.6. The molecule has 0 aromatic carbocycles. The zero-order valence-electron chi connectivity index (χ0n) is 19.7. The number of aromatic nitrogens is 2. The Morgan fingerprint density at radius 1 is 1.42 bits per heavy atom. The van der Waals surface area contributed by atoms with Crippen LogP contribution in [-0.2, 0) is 20.1 Å². The number of thioether (sulfide) groups is 3. The van der Waals surface area contributed by atoms with E-state index in [-0.39, 0.29) is 20.9 Å². The fourth-order valence-electron chi connectivity index (χ4n) is 3.65. The lowest BCUT2D eigenvalue weighted by Crippen LogP contribution is -2.71. The molecule has 38 heavy (non-hydrogen) atoms. The predicted molar refractivity (Wildman–Crippen MR) is 150 cm³/mol. The quantitative estimate of drug-likeness (QED) is 0.0814. The molecule has 4 rings (SSSR count). The molecule has 0 spiro atoms. The first-order valence-electron chi connectivity index (χ1n) is 11.0. The summed E-state index contributed by atoms with van der Waals surface area (Å²) in [6.07, 6.45) is 3.41. The van der Waals surface area contributed by atoms with Gasteiger partial charge in [-0.15, -0.1) is 11.8 Å². The summed E-state index contributed by atoms with van der Waals surface area (Å²) in [5.74, 6) is -0.782. The van der Waals surface area contributed by atoms with Gasteiger partial charge >= 0.3 is 5.97 Å². The molecule has 0 saturated carbocycles. The number of aliphatic carboxylic acids is 1. The number of thiazole rings is 1. The molecular weight excluding hydrogens is 594 g/mol. The van der Waals surface area contributed by atoms with Crippen molar-refractivity contribution in [3.63, 3.8) is 0 Å². The monoisotopic (exact) mass is 615 g/mol. The zero-order chi connectivity index (χ0) is 27.4.